The van der Waals surface area contributed by atoms with Gasteiger partial charge in [0.25, 0.3) is 0 Å². The van der Waals surface area contributed by atoms with E-state index in [-0.39, 0.29) is 0 Å². The van der Waals surface area contributed by atoms with Gasteiger partial charge in [-0.2, -0.15) is 5.10 Å². The number of aromatic nitrogens is 2. The molecule has 0 atom stereocenters. The Morgan fingerprint density at radius 2 is 2.12 bits per heavy atom. The first kappa shape index (κ1) is 10.5. The number of nitrogens with zero attached hydrogens (tertiary/aromatic N) is 3. The zero-order valence-corrected chi connectivity index (χ0v) is 9.56. The number of nitrogens with two attached hydrogens (primary N) is 1. The number of hydrogen-bond donors (Lipinski definition) is 1. The molecule has 0 aromatic carbocycles. The molecule has 0 aliphatic heterocycles. The fourth-order valence-corrected chi connectivity index (χ4v) is 1.81. The van der Waals surface area contributed by atoms with Gasteiger partial charge >= 0.3 is 0 Å². The summed E-state index contributed by atoms with van der Waals surface area (Å²) in [5.41, 5.74) is 3.10. The Morgan fingerprint density at radius 1 is 1.38 bits per heavy atom. The quantitative estimate of drug-likeness (QED) is 0.473. The van der Waals surface area contributed by atoms with E-state index in [2.05, 4.69) is 10.3 Å². The molecule has 2 aromatic rings. The van der Waals surface area contributed by atoms with Crippen molar-refractivity contribution in [3.05, 3.63) is 34.8 Å². The van der Waals surface area contributed by atoms with Crippen LogP contribution in [0.4, 0.5) is 0 Å². The molecular formula is C11H14N4O. The maximum Gasteiger partial charge on any atom is 0.180 e. The van der Waals surface area contributed by atoms with Gasteiger partial charge in [-0.15, -0.1) is 0 Å². The Balaban J connectivity index is 2.57. The summed E-state index contributed by atoms with van der Waals surface area (Å²) in [7, 11) is 0. The van der Waals surface area contributed by atoms with Crippen molar-refractivity contribution in [2.45, 2.75) is 20.8 Å². The third-order valence-corrected chi connectivity index (χ3v) is 2.53. The van der Waals surface area contributed by atoms with E-state index < -0.39 is 0 Å². The summed E-state index contributed by atoms with van der Waals surface area (Å²) in [6, 6.07) is 3.90. The van der Waals surface area contributed by atoms with Gasteiger partial charge in [-0.3, -0.25) is 4.57 Å². The fourth-order valence-electron chi connectivity index (χ4n) is 1.81. The lowest BCUT2D eigenvalue weighted by atomic mass is 10.3. The van der Waals surface area contributed by atoms with Gasteiger partial charge in [0.15, 0.2) is 5.82 Å². The molecule has 0 unspecified atom stereocenters. The van der Waals surface area contributed by atoms with E-state index in [0.29, 0.717) is 0 Å². The molecule has 2 N–H and O–H groups in total. The predicted octanol–water partition coefficient (Wildman–Crippen LogP) is 1.68. The van der Waals surface area contributed by atoms with Crippen molar-refractivity contribution >= 4 is 6.21 Å². The second-order valence-electron chi connectivity index (χ2n) is 3.74. The number of hydrogen-bond acceptors (Lipinski definition) is 4. The molecule has 0 radical (unpaired) electrons. The minimum atomic E-state index is 0.782. The molecule has 0 aliphatic carbocycles. The zero-order valence-electron chi connectivity index (χ0n) is 9.56. The molecule has 16 heavy (non-hydrogen) atoms. The molecule has 0 aliphatic rings. The molecule has 5 nitrogen and oxygen atoms in total. The summed E-state index contributed by atoms with van der Waals surface area (Å²) in [5.74, 6) is 6.73. The first-order valence-electron chi connectivity index (χ1n) is 4.99. The van der Waals surface area contributed by atoms with Gasteiger partial charge in [-0.25, -0.2) is 0 Å². The Labute approximate surface area is 93.5 Å². The summed E-state index contributed by atoms with van der Waals surface area (Å²) in [5, 5.41) is 7.53. The minimum Gasteiger partial charge on any atom is -0.360 e. The number of hydrazone groups is 1. The molecule has 2 heterocycles. The van der Waals surface area contributed by atoms with Crippen molar-refractivity contribution in [3.8, 4) is 5.82 Å². The van der Waals surface area contributed by atoms with E-state index in [1.165, 1.54) is 0 Å². The third-order valence-electron chi connectivity index (χ3n) is 2.53. The Kier molecular flexibility index (Phi) is 2.52. The highest BCUT2D eigenvalue weighted by Gasteiger charge is 2.12. The maximum absolute atomic E-state index is 5.16. The van der Waals surface area contributed by atoms with Gasteiger partial charge in [0.2, 0.25) is 0 Å². The summed E-state index contributed by atoms with van der Waals surface area (Å²) in [4.78, 5) is 0. The highest BCUT2D eigenvalue weighted by Crippen LogP contribution is 2.19. The van der Waals surface area contributed by atoms with Gasteiger partial charge in [0.05, 0.1) is 6.21 Å². The number of aryl methyl sites for hydroxylation is 2. The summed E-state index contributed by atoms with van der Waals surface area (Å²) in [6.07, 6.45) is 1.63. The normalized spacial score (nSPS) is 11.4. The van der Waals surface area contributed by atoms with Crippen LogP contribution < -0.4 is 5.84 Å². The molecule has 0 saturated heterocycles. The first-order chi connectivity index (χ1) is 7.63. The lowest BCUT2D eigenvalue weighted by Gasteiger charge is -2.03. The van der Waals surface area contributed by atoms with Crippen molar-refractivity contribution in [1.29, 1.82) is 0 Å². The molecule has 84 valence electrons. The second kappa shape index (κ2) is 3.84. The molecule has 0 saturated carbocycles. The Morgan fingerprint density at radius 3 is 2.69 bits per heavy atom. The van der Waals surface area contributed by atoms with E-state index in [1.807, 2.05) is 37.5 Å². The van der Waals surface area contributed by atoms with E-state index in [4.69, 9.17) is 10.4 Å². The summed E-state index contributed by atoms with van der Waals surface area (Å²) in [6.45, 7) is 5.87. The molecule has 5 heteroatoms. The van der Waals surface area contributed by atoms with Crippen LogP contribution in [0.5, 0.6) is 0 Å². The highest BCUT2D eigenvalue weighted by atomic mass is 16.5. The van der Waals surface area contributed by atoms with E-state index >= 15 is 0 Å². The summed E-state index contributed by atoms with van der Waals surface area (Å²) < 4.78 is 7.08. The monoisotopic (exact) mass is 218 g/mol. The second-order valence-corrected chi connectivity index (χ2v) is 3.74. The molecule has 2 rings (SSSR count). The first-order valence-corrected chi connectivity index (χ1v) is 4.99. The molecule has 0 spiro atoms. The topological polar surface area (TPSA) is 69.3 Å². The van der Waals surface area contributed by atoms with Crippen molar-refractivity contribution in [2.24, 2.45) is 10.9 Å². The van der Waals surface area contributed by atoms with E-state index in [9.17, 15) is 0 Å². The van der Waals surface area contributed by atoms with Crippen LogP contribution >= 0.6 is 0 Å². The minimum absolute atomic E-state index is 0.782. The van der Waals surface area contributed by atoms with Crippen molar-refractivity contribution in [2.75, 3.05) is 0 Å². The average molecular weight is 218 g/mol. The lowest BCUT2D eigenvalue weighted by Crippen LogP contribution is -1.99. The standard InChI is InChI=1S/C11H14N4O/c1-7-4-10(6-13-12)9(3)15(7)11-5-8(2)16-14-11/h4-6H,12H2,1-3H3/b13-6-. The van der Waals surface area contributed by atoms with Crippen molar-refractivity contribution in [3.63, 3.8) is 0 Å². The van der Waals surface area contributed by atoms with E-state index in [1.54, 1.807) is 6.21 Å². The van der Waals surface area contributed by atoms with Crippen LogP contribution in [0.2, 0.25) is 0 Å². The molecule has 0 fully saturated rings. The molecule has 0 bridgehead atoms. The maximum atomic E-state index is 5.16. The van der Waals surface area contributed by atoms with Gasteiger partial charge in [-0.05, 0) is 26.8 Å². The Bertz CT molecular complexity index is 536. The molecule has 0 amide bonds. The number of rotatable bonds is 2. The predicted molar refractivity (Wildman–Crippen MR) is 61.8 cm³/mol. The lowest BCUT2D eigenvalue weighted by molar-refractivity contribution is 0.394. The van der Waals surface area contributed by atoms with Gasteiger partial charge in [0.1, 0.15) is 5.76 Å². The summed E-state index contributed by atoms with van der Waals surface area (Å²) >= 11 is 0. The highest BCUT2D eigenvalue weighted by molar-refractivity contribution is 5.81. The third kappa shape index (κ3) is 1.60. The van der Waals surface area contributed by atoms with Crippen molar-refractivity contribution < 1.29 is 4.52 Å². The van der Waals surface area contributed by atoms with Crippen LogP contribution in [0.25, 0.3) is 5.82 Å². The van der Waals surface area contributed by atoms with Crippen LogP contribution in [0.1, 0.15) is 22.7 Å². The molecular weight excluding hydrogens is 204 g/mol. The van der Waals surface area contributed by atoms with Gasteiger partial charge in [-0.1, -0.05) is 5.16 Å². The van der Waals surface area contributed by atoms with E-state index in [0.717, 1.165) is 28.5 Å². The van der Waals surface area contributed by atoms with Crippen LogP contribution in [0, 0.1) is 20.8 Å². The fraction of sp³-hybridized carbons (Fsp3) is 0.273. The smallest absolute Gasteiger partial charge is 0.180 e. The molecule has 2 aromatic heterocycles. The van der Waals surface area contributed by atoms with Gasteiger partial charge in [0, 0.05) is 23.0 Å². The van der Waals surface area contributed by atoms with Crippen LogP contribution in [0.3, 0.4) is 0 Å². The Hall–Kier alpha value is -2.04. The van der Waals surface area contributed by atoms with Crippen LogP contribution in [0.15, 0.2) is 21.8 Å². The SMILES string of the molecule is Cc1cc(-n2c(C)cc(/C=N\N)c2C)no1. The largest absolute Gasteiger partial charge is 0.360 e. The van der Waals surface area contributed by atoms with Gasteiger partial charge < -0.3 is 10.4 Å². The van der Waals surface area contributed by atoms with Crippen LogP contribution in [-0.2, 0) is 0 Å². The van der Waals surface area contributed by atoms with Crippen molar-refractivity contribution in [1.82, 2.24) is 9.72 Å². The average Bonchev–Trinajstić information content (AvgIpc) is 2.74. The zero-order chi connectivity index (χ0) is 11.7. The van der Waals surface area contributed by atoms with Crippen LogP contribution in [-0.4, -0.2) is 15.9 Å².